The topological polar surface area (TPSA) is 68.0 Å². The summed E-state index contributed by atoms with van der Waals surface area (Å²) < 4.78 is 15.1. The maximum absolute atomic E-state index is 13.8. The number of carboxylic acids is 1. The zero-order chi connectivity index (χ0) is 16.6. The van der Waals surface area contributed by atoms with Crippen molar-refractivity contribution in [3.8, 4) is 16.9 Å². The van der Waals surface area contributed by atoms with E-state index in [1.165, 1.54) is 10.7 Å². The summed E-state index contributed by atoms with van der Waals surface area (Å²) in [6, 6.07) is 11.2. The third kappa shape index (κ3) is 2.80. The summed E-state index contributed by atoms with van der Waals surface area (Å²) >= 11 is 5.98. The molecule has 0 saturated carbocycles. The molecule has 3 rings (SSSR count). The first-order valence-electron chi connectivity index (χ1n) is 6.69. The minimum absolute atomic E-state index is 0.228. The zero-order valence-electron chi connectivity index (χ0n) is 12.0. The summed E-state index contributed by atoms with van der Waals surface area (Å²) in [7, 11) is 0. The first kappa shape index (κ1) is 15.2. The average Bonchev–Trinajstić information content (AvgIpc) is 2.95. The molecule has 0 amide bonds. The summed E-state index contributed by atoms with van der Waals surface area (Å²) in [4.78, 5) is 11.4. The molecular weight excluding hydrogens is 321 g/mol. The number of rotatable bonds is 3. The highest BCUT2D eigenvalue weighted by Crippen LogP contribution is 2.28. The molecule has 0 aliphatic heterocycles. The Kier molecular flexibility index (Phi) is 3.83. The number of carboxylic acid groups (broad SMARTS) is 1. The minimum atomic E-state index is -1.22. The summed E-state index contributed by atoms with van der Waals surface area (Å²) in [5, 5.41) is 17.3. The van der Waals surface area contributed by atoms with Crippen LogP contribution in [0.2, 0.25) is 5.02 Å². The molecule has 2 aromatic carbocycles. The fourth-order valence-corrected chi connectivity index (χ4v) is 2.41. The van der Waals surface area contributed by atoms with Gasteiger partial charge in [0.2, 0.25) is 0 Å². The number of aromatic nitrogens is 3. The summed E-state index contributed by atoms with van der Waals surface area (Å²) in [6.45, 7) is 1.64. The Bertz CT molecular complexity index is 908. The van der Waals surface area contributed by atoms with Gasteiger partial charge in [-0.2, -0.15) is 0 Å². The lowest BCUT2D eigenvalue weighted by atomic mass is 10.1. The van der Waals surface area contributed by atoms with Gasteiger partial charge in [0.05, 0.1) is 5.69 Å². The molecule has 23 heavy (non-hydrogen) atoms. The number of aryl methyl sites for hydroxylation is 1. The Hall–Kier alpha value is -2.73. The van der Waals surface area contributed by atoms with Crippen molar-refractivity contribution in [3.63, 3.8) is 0 Å². The van der Waals surface area contributed by atoms with Crippen molar-refractivity contribution < 1.29 is 14.3 Å². The van der Waals surface area contributed by atoms with E-state index in [2.05, 4.69) is 10.3 Å². The van der Waals surface area contributed by atoms with Crippen LogP contribution in [0.25, 0.3) is 16.9 Å². The summed E-state index contributed by atoms with van der Waals surface area (Å²) in [5.41, 5.74) is 1.40. The van der Waals surface area contributed by atoms with E-state index < -0.39 is 11.8 Å². The van der Waals surface area contributed by atoms with E-state index in [0.29, 0.717) is 21.8 Å². The average molecular weight is 332 g/mol. The second kappa shape index (κ2) is 5.81. The van der Waals surface area contributed by atoms with Crippen molar-refractivity contribution in [2.24, 2.45) is 0 Å². The molecule has 116 valence electrons. The Labute approximate surface area is 135 Å². The van der Waals surface area contributed by atoms with Crippen LogP contribution < -0.4 is 0 Å². The van der Waals surface area contributed by atoms with Crippen LogP contribution in [-0.2, 0) is 0 Å². The van der Waals surface area contributed by atoms with Gasteiger partial charge in [-0.05, 0) is 36.8 Å². The van der Waals surface area contributed by atoms with Crippen LogP contribution in [0.5, 0.6) is 0 Å². The Morgan fingerprint density at radius 3 is 2.70 bits per heavy atom. The number of halogens is 2. The number of hydrogen-bond acceptors (Lipinski definition) is 3. The first-order valence-corrected chi connectivity index (χ1v) is 7.06. The number of benzene rings is 2. The Morgan fingerprint density at radius 2 is 2.04 bits per heavy atom. The lowest BCUT2D eigenvalue weighted by molar-refractivity contribution is 0.0691. The van der Waals surface area contributed by atoms with E-state index in [9.17, 15) is 14.3 Å². The summed E-state index contributed by atoms with van der Waals surface area (Å²) in [5.74, 6) is -1.63. The van der Waals surface area contributed by atoms with Gasteiger partial charge in [-0.25, -0.2) is 13.9 Å². The Balaban J connectivity index is 2.26. The van der Waals surface area contributed by atoms with Gasteiger partial charge in [-0.1, -0.05) is 35.0 Å². The molecule has 0 atom stereocenters. The van der Waals surface area contributed by atoms with Crippen molar-refractivity contribution in [3.05, 3.63) is 64.6 Å². The van der Waals surface area contributed by atoms with Gasteiger partial charge in [0.25, 0.3) is 0 Å². The molecule has 0 aliphatic carbocycles. The second-order valence-corrected chi connectivity index (χ2v) is 5.38. The van der Waals surface area contributed by atoms with Crippen molar-refractivity contribution in [2.45, 2.75) is 6.92 Å². The largest absolute Gasteiger partial charge is 0.476 e. The van der Waals surface area contributed by atoms with Gasteiger partial charge in [-0.15, -0.1) is 5.10 Å². The summed E-state index contributed by atoms with van der Waals surface area (Å²) in [6.07, 6.45) is 0. The van der Waals surface area contributed by atoms with Gasteiger partial charge >= 0.3 is 5.97 Å². The fourth-order valence-electron chi connectivity index (χ4n) is 2.21. The Morgan fingerprint density at radius 1 is 1.26 bits per heavy atom. The van der Waals surface area contributed by atoms with Gasteiger partial charge in [-0.3, -0.25) is 0 Å². The van der Waals surface area contributed by atoms with E-state index in [4.69, 9.17) is 11.6 Å². The number of hydrogen-bond donors (Lipinski definition) is 1. The molecule has 0 spiro atoms. The van der Waals surface area contributed by atoms with E-state index in [0.717, 1.165) is 0 Å². The maximum Gasteiger partial charge on any atom is 0.358 e. The van der Waals surface area contributed by atoms with E-state index >= 15 is 0 Å². The molecule has 3 aromatic rings. The molecule has 0 saturated heterocycles. The fraction of sp³-hybridized carbons (Fsp3) is 0.0625. The van der Waals surface area contributed by atoms with Crippen LogP contribution in [0.15, 0.2) is 42.5 Å². The quantitative estimate of drug-likeness (QED) is 0.794. The van der Waals surface area contributed by atoms with Crippen LogP contribution in [0.1, 0.15) is 16.1 Å². The highest BCUT2D eigenvalue weighted by atomic mass is 35.5. The van der Waals surface area contributed by atoms with E-state index in [1.807, 2.05) is 0 Å². The van der Waals surface area contributed by atoms with E-state index in [1.54, 1.807) is 43.3 Å². The van der Waals surface area contributed by atoms with Gasteiger partial charge in [0, 0.05) is 10.6 Å². The molecule has 1 heterocycles. The number of aromatic carboxylic acids is 1. The van der Waals surface area contributed by atoms with E-state index in [-0.39, 0.29) is 11.4 Å². The van der Waals surface area contributed by atoms with Crippen molar-refractivity contribution in [1.82, 2.24) is 15.0 Å². The smallest absolute Gasteiger partial charge is 0.358 e. The van der Waals surface area contributed by atoms with Crippen molar-refractivity contribution in [1.29, 1.82) is 0 Å². The molecule has 5 nitrogen and oxygen atoms in total. The highest BCUT2D eigenvalue weighted by Gasteiger charge is 2.22. The molecule has 0 radical (unpaired) electrons. The molecular formula is C16H11ClFN3O2. The lowest BCUT2D eigenvalue weighted by Crippen LogP contribution is -2.03. The zero-order valence-corrected chi connectivity index (χ0v) is 12.8. The molecule has 7 heteroatoms. The van der Waals surface area contributed by atoms with Crippen molar-refractivity contribution in [2.75, 3.05) is 0 Å². The predicted molar refractivity (Wildman–Crippen MR) is 83.5 cm³/mol. The normalized spacial score (nSPS) is 10.7. The first-order chi connectivity index (χ1) is 11.0. The molecule has 0 aliphatic rings. The minimum Gasteiger partial charge on any atom is -0.476 e. The maximum atomic E-state index is 13.8. The molecule has 0 fully saturated rings. The molecule has 1 aromatic heterocycles. The predicted octanol–water partition coefficient (Wildman–Crippen LogP) is 3.73. The third-order valence-electron chi connectivity index (χ3n) is 3.37. The number of nitrogens with zero attached hydrogens (tertiary/aromatic N) is 3. The molecule has 0 unspecified atom stereocenters. The van der Waals surface area contributed by atoms with Gasteiger partial charge in [0.1, 0.15) is 11.5 Å². The van der Waals surface area contributed by atoms with Crippen molar-refractivity contribution >= 4 is 17.6 Å². The monoisotopic (exact) mass is 331 g/mol. The lowest BCUT2D eigenvalue weighted by Gasteiger charge is -2.08. The van der Waals surface area contributed by atoms with Crippen LogP contribution in [0, 0.1) is 12.7 Å². The third-order valence-corrected chi connectivity index (χ3v) is 3.61. The highest BCUT2D eigenvalue weighted by molar-refractivity contribution is 6.30. The SMILES string of the molecule is Cc1ccc(-n2nnc(C(=O)O)c2-c2cccc(Cl)c2)cc1F. The van der Waals surface area contributed by atoms with Crippen LogP contribution >= 0.6 is 11.6 Å². The van der Waals surface area contributed by atoms with Crippen LogP contribution in [0.3, 0.4) is 0 Å². The van der Waals surface area contributed by atoms with Gasteiger partial charge in [0.15, 0.2) is 5.69 Å². The standard InChI is InChI=1S/C16H11ClFN3O2/c1-9-5-6-12(8-13(9)18)21-15(14(16(22)23)19-20-21)10-3-2-4-11(17)7-10/h2-8H,1H3,(H,22,23). The van der Waals surface area contributed by atoms with Crippen LogP contribution in [0.4, 0.5) is 4.39 Å². The van der Waals surface area contributed by atoms with Gasteiger partial charge < -0.3 is 5.11 Å². The molecule has 1 N–H and O–H groups in total. The molecule has 0 bridgehead atoms. The van der Waals surface area contributed by atoms with Crippen LogP contribution in [-0.4, -0.2) is 26.1 Å². The number of carbonyl (C=O) groups is 1. The second-order valence-electron chi connectivity index (χ2n) is 4.95.